The van der Waals surface area contributed by atoms with Gasteiger partial charge in [0.15, 0.2) is 0 Å². The number of H-pyrrole nitrogens is 1. The number of carbonyl (C=O) groups is 1. The molecule has 0 atom stereocenters. The molecular formula is C16H21N3O. The number of aromatic nitrogens is 2. The molecule has 20 heavy (non-hydrogen) atoms. The largest absolute Gasteiger partial charge is 0.352 e. The molecule has 2 N–H and O–H groups in total. The van der Waals surface area contributed by atoms with Gasteiger partial charge < -0.3 is 5.32 Å². The number of carbonyl (C=O) groups excluding carboxylic acids is 1. The van der Waals surface area contributed by atoms with E-state index in [1.54, 1.807) is 6.20 Å². The van der Waals surface area contributed by atoms with Crippen molar-refractivity contribution in [2.75, 3.05) is 0 Å². The van der Waals surface area contributed by atoms with Gasteiger partial charge in [0.2, 0.25) is 5.91 Å². The molecule has 0 aliphatic heterocycles. The minimum absolute atomic E-state index is 0.124. The molecule has 1 aromatic heterocycles. The lowest BCUT2D eigenvalue weighted by atomic mass is 10.0. The summed E-state index contributed by atoms with van der Waals surface area (Å²) in [7, 11) is 0. The molecular weight excluding hydrogens is 250 g/mol. The first-order valence-electron chi connectivity index (χ1n) is 7.11. The van der Waals surface area contributed by atoms with E-state index in [1.807, 2.05) is 44.2 Å². The lowest BCUT2D eigenvalue weighted by Crippen LogP contribution is -2.29. The minimum atomic E-state index is 0.124. The van der Waals surface area contributed by atoms with Gasteiger partial charge in [0.05, 0.1) is 5.69 Å². The van der Waals surface area contributed by atoms with E-state index < -0.39 is 0 Å². The van der Waals surface area contributed by atoms with Crippen molar-refractivity contribution in [3.63, 3.8) is 0 Å². The van der Waals surface area contributed by atoms with E-state index in [4.69, 9.17) is 0 Å². The van der Waals surface area contributed by atoms with Crippen LogP contribution in [0.25, 0.3) is 11.3 Å². The number of rotatable bonds is 6. The summed E-state index contributed by atoms with van der Waals surface area (Å²) in [5.74, 6) is 0.270. The number of benzene rings is 1. The molecule has 0 radical (unpaired) electrons. The van der Waals surface area contributed by atoms with Crippen LogP contribution in [0.4, 0.5) is 0 Å². The highest BCUT2D eigenvalue weighted by atomic mass is 16.1. The topological polar surface area (TPSA) is 57.8 Å². The zero-order valence-corrected chi connectivity index (χ0v) is 12.0. The van der Waals surface area contributed by atoms with Crippen LogP contribution in [-0.2, 0) is 11.3 Å². The van der Waals surface area contributed by atoms with E-state index in [0.717, 1.165) is 29.7 Å². The smallest absolute Gasteiger partial charge is 0.223 e. The third-order valence-electron chi connectivity index (χ3n) is 3.59. The van der Waals surface area contributed by atoms with E-state index in [2.05, 4.69) is 15.5 Å². The Kier molecular flexibility index (Phi) is 4.93. The number of amides is 1. The Morgan fingerprint density at radius 3 is 2.45 bits per heavy atom. The van der Waals surface area contributed by atoms with Gasteiger partial charge in [-0.05, 0) is 30.0 Å². The van der Waals surface area contributed by atoms with Crippen LogP contribution in [0.1, 0.15) is 32.3 Å². The molecule has 2 rings (SSSR count). The maximum absolute atomic E-state index is 11.9. The van der Waals surface area contributed by atoms with Gasteiger partial charge >= 0.3 is 0 Å². The summed E-state index contributed by atoms with van der Waals surface area (Å²) in [4.78, 5) is 11.9. The van der Waals surface area contributed by atoms with E-state index in [0.29, 0.717) is 6.54 Å². The lowest BCUT2D eigenvalue weighted by Gasteiger charge is -2.12. The van der Waals surface area contributed by atoms with Crippen LogP contribution in [-0.4, -0.2) is 16.1 Å². The third kappa shape index (κ3) is 3.47. The summed E-state index contributed by atoms with van der Waals surface area (Å²) < 4.78 is 0. The maximum Gasteiger partial charge on any atom is 0.223 e. The van der Waals surface area contributed by atoms with Gasteiger partial charge in [-0.25, -0.2) is 0 Å². The number of aromatic amines is 1. The molecule has 1 amide bonds. The monoisotopic (exact) mass is 271 g/mol. The predicted molar refractivity (Wildman–Crippen MR) is 79.9 cm³/mol. The lowest BCUT2D eigenvalue weighted by molar-refractivity contribution is -0.125. The molecule has 0 spiro atoms. The van der Waals surface area contributed by atoms with Crippen molar-refractivity contribution in [2.45, 2.75) is 33.2 Å². The number of hydrogen-bond acceptors (Lipinski definition) is 2. The van der Waals surface area contributed by atoms with E-state index in [9.17, 15) is 4.79 Å². The van der Waals surface area contributed by atoms with Gasteiger partial charge in [0, 0.05) is 18.7 Å². The molecule has 0 saturated carbocycles. The Bertz CT molecular complexity index is 527. The number of nitrogens with zero attached hydrogens (tertiary/aromatic N) is 1. The second kappa shape index (κ2) is 6.89. The van der Waals surface area contributed by atoms with Gasteiger partial charge in [-0.15, -0.1) is 0 Å². The fourth-order valence-corrected chi connectivity index (χ4v) is 2.21. The van der Waals surface area contributed by atoms with Gasteiger partial charge in [0.1, 0.15) is 0 Å². The average Bonchev–Trinajstić information content (AvgIpc) is 3.01. The fraction of sp³-hybridized carbons (Fsp3) is 0.375. The van der Waals surface area contributed by atoms with Crippen LogP contribution in [0.5, 0.6) is 0 Å². The summed E-state index contributed by atoms with van der Waals surface area (Å²) in [6.07, 6.45) is 3.52. The van der Waals surface area contributed by atoms with E-state index >= 15 is 0 Å². The second-order valence-corrected chi connectivity index (χ2v) is 4.90. The SMILES string of the molecule is CCC(CC)C(=O)NCc1ccc(-c2ccn[nH]2)cc1. The Labute approximate surface area is 119 Å². The molecule has 4 nitrogen and oxygen atoms in total. The number of hydrogen-bond donors (Lipinski definition) is 2. The quantitative estimate of drug-likeness (QED) is 0.848. The normalized spacial score (nSPS) is 10.8. The first kappa shape index (κ1) is 14.3. The highest BCUT2D eigenvalue weighted by Crippen LogP contribution is 2.16. The highest BCUT2D eigenvalue weighted by molar-refractivity contribution is 5.78. The molecule has 0 saturated heterocycles. The average molecular weight is 271 g/mol. The second-order valence-electron chi connectivity index (χ2n) is 4.90. The Balaban J connectivity index is 1.93. The molecule has 0 aliphatic rings. The Morgan fingerprint density at radius 1 is 1.20 bits per heavy atom. The fourth-order valence-electron chi connectivity index (χ4n) is 2.21. The summed E-state index contributed by atoms with van der Waals surface area (Å²) in [5, 5.41) is 9.87. The van der Waals surface area contributed by atoms with Crippen LogP contribution in [0.2, 0.25) is 0 Å². The molecule has 1 aromatic carbocycles. The summed E-state index contributed by atoms with van der Waals surface area (Å²) in [6.45, 7) is 4.68. The number of nitrogens with one attached hydrogen (secondary N) is 2. The summed E-state index contributed by atoms with van der Waals surface area (Å²) in [5.41, 5.74) is 3.20. The van der Waals surface area contributed by atoms with Crippen molar-refractivity contribution in [3.05, 3.63) is 42.1 Å². The zero-order valence-electron chi connectivity index (χ0n) is 12.0. The summed E-state index contributed by atoms with van der Waals surface area (Å²) >= 11 is 0. The molecule has 1 heterocycles. The maximum atomic E-state index is 11.9. The van der Waals surface area contributed by atoms with Crippen LogP contribution < -0.4 is 5.32 Å². The molecule has 0 unspecified atom stereocenters. The molecule has 4 heteroatoms. The Hall–Kier alpha value is -2.10. The van der Waals surface area contributed by atoms with Crippen molar-refractivity contribution in [1.82, 2.24) is 15.5 Å². The van der Waals surface area contributed by atoms with Crippen molar-refractivity contribution in [3.8, 4) is 11.3 Å². The minimum Gasteiger partial charge on any atom is -0.352 e. The predicted octanol–water partition coefficient (Wildman–Crippen LogP) is 3.13. The van der Waals surface area contributed by atoms with Crippen LogP contribution in [0.3, 0.4) is 0 Å². The zero-order chi connectivity index (χ0) is 14.4. The Morgan fingerprint density at radius 2 is 1.90 bits per heavy atom. The van der Waals surface area contributed by atoms with E-state index in [-0.39, 0.29) is 11.8 Å². The molecule has 0 bridgehead atoms. The highest BCUT2D eigenvalue weighted by Gasteiger charge is 2.13. The molecule has 106 valence electrons. The van der Waals surface area contributed by atoms with Crippen molar-refractivity contribution >= 4 is 5.91 Å². The van der Waals surface area contributed by atoms with Crippen LogP contribution in [0, 0.1) is 5.92 Å². The van der Waals surface area contributed by atoms with Crippen LogP contribution in [0.15, 0.2) is 36.5 Å². The van der Waals surface area contributed by atoms with Gasteiger partial charge in [-0.2, -0.15) is 5.10 Å². The van der Waals surface area contributed by atoms with E-state index in [1.165, 1.54) is 0 Å². The first-order chi connectivity index (χ1) is 9.74. The van der Waals surface area contributed by atoms with Crippen molar-refractivity contribution in [2.24, 2.45) is 5.92 Å². The van der Waals surface area contributed by atoms with Gasteiger partial charge in [0.25, 0.3) is 0 Å². The molecule has 2 aromatic rings. The third-order valence-corrected chi connectivity index (χ3v) is 3.59. The molecule has 0 fully saturated rings. The summed E-state index contributed by atoms with van der Waals surface area (Å²) in [6, 6.07) is 10.1. The molecule has 0 aliphatic carbocycles. The van der Waals surface area contributed by atoms with Crippen molar-refractivity contribution in [1.29, 1.82) is 0 Å². The van der Waals surface area contributed by atoms with Gasteiger partial charge in [-0.3, -0.25) is 9.89 Å². The standard InChI is InChI=1S/C16H21N3O/c1-3-13(4-2)16(20)17-11-12-5-7-14(8-6-12)15-9-10-18-19-15/h5-10,13H,3-4,11H2,1-2H3,(H,17,20)(H,18,19). The van der Waals surface area contributed by atoms with Crippen molar-refractivity contribution < 1.29 is 4.79 Å². The first-order valence-corrected chi connectivity index (χ1v) is 7.11. The van der Waals surface area contributed by atoms with Gasteiger partial charge in [-0.1, -0.05) is 38.1 Å². The van der Waals surface area contributed by atoms with Crippen LogP contribution >= 0.6 is 0 Å².